The van der Waals surface area contributed by atoms with Gasteiger partial charge in [-0.15, -0.1) is 34.2 Å². The van der Waals surface area contributed by atoms with E-state index in [0.29, 0.717) is 12.6 Å². The van der Waals surface area contributed by atoms with Crippen molar-refractivity contribution in [3.8, 4) is 0 Å². The molecule has 0 amide bonds. The van der Waals surface area contributed by atoms with Crippen LogP contribution in [0.2, 0.25) is 0 Å². The van der Waals surface area contributed by atoms with Crippen molar-refractivity contribution in [3.63, 3.8) is 0 Å². The van der Waals surface area contributed by atoms with Crippen molar-refractivity contribution >= 4 is 29.9 Å². The van der Waals surface area contributed by atoms with E-state index >= 15 is 0 Å². The standard InChI is InChI=1S/C22H35N7O.HI/c1-4-21-27-26-17-29(21)10-9-24-22(23-5-2)25-14-19-7-6-8-20(13-19)16-28-11-12-30-18(3)15-28;/h6-8,13,17-18H,4-5,9-12,14-16H2,1-3H3,(H2,23,24,25);1H. The van der Waals surface area contributed by atoms with Crippen molar-refractivity contribution in [3.05, 3.63) is 47.5 Å². The van der Waals surface area contributed by atoms with Gasteiger partial charge in [-0.1, -0.05) is 31.2 Å². The van der Waals surface area contributed by atoms with Crippen molar-refractivity contribution in [1.82, 2.24) is 30.3 Å². The van der Waals surface area contributed by atoms with Gasteiger partial charge in [0, 0.05) is 45.7 Å². The molecule has 2 heterocycles. The topological polar surface area (TPSA) is 79.6 Å². The Morgan fingerprint density at radius 2 is 2.10 bits per heavy atom. The van der Waals surface area contributed by atoms with Crippen LogP contribution in [0.4, 0.5) is 0 Å². The normalized spacial score (nSPS) is 17.3. The highest BCUT2D eigenvalue weighted by Crippen LogP contribution is 2.12. The van der Waals surface area contributed by atoms with Crippen LogP contribution >= 0.6 is 24.0 Å². The number of nitrogens with one attached hydrogen (secondary N) is 2. The van der Waals surface area contributed by atoms with E-state index in [-0.39, 0.29) is 24.0 Å². The summed E-state index contributed by atoms with van der Waals surface area (Å²) in [4.78, 5) is 7.22. The van der Waals surface area contributed by atoms with E-state index in [9.17, 15) is 0 Å². The Hall–Kier alpha value is -1.72. The quantitative estimate of drug-likeness (QED) is 0.289. The number of benzene rings is 1. The number of rotatable bonds is 9. The third kappa shape index (κ3) is 8.38. The fraction of sp³-hybridized carbons (Fsp3) is 0.591. The predicted octanol–water partition coefficient (Wildman–Crippen LogP) is 2.43. The van der Waals surface area contributed by atoms with Crippen LogP contribution in [-0.4, -0.2) is 64.5 Å². The molecule has 31 heavy (non-hydrogen) atoms. The summed E-state index contributed by atoms with van der Waals surface area (Å²) in [5.41, 5.74) is 2.55. The lowest BCUT2D eigenvalue weighted by Gasteiger charge is -2.31. The molecule has 0 bridgehead atoms. The molecule has 1 unspecified atom stereocenters. The fourth-order valence-electron chi connectivity index (χ4n) is 3.67. The molecule has 1 aliphatic rings. The minimum absolute atomic E-state index is 0. The highest BCUT2D eigenvalue weighted by Gasteiger charge is 2.16. The van der Waals surface area contributed by atoms with E-state index in [1.54, 1.807) is 6.33 Å². The Morgan fingerprint density at radius 3 is 2.87 bits per heavy atom. The highest BCUT2D eigenvalue weighted by atomic mass is 127. The summed E-state index contributed by atoms with van der Waals surface area (Å²) >= 11 is 0. The van der Waals surface area contributed by atoms with Gasteiger partial charge in [-0.2, -0.15) is 0 Å². The largest absolute Gasteiger partial charge is 0.376 e. The SMILES string of the molecule is CCNC(=NCc1cccc(CN2CCOC(C)C2)c1)NCCn1cnnc1CC.I. The summed E-state index contributed by atoms with van der Waals surface area (Å²) in [6, 6.07) is 8.73. The number of hydrogen-bond acceptors (Lipinski definition) is 5. The monoisotopic (exact) mass is 541 g/mol. The number of halogens is 1. The molecule has 1 aromatic heterocycles. The molecular formula is C22H36IN7O. The zero-order valence-electron chi connectivity index (χ0n) is 18.9. The van der Waals surface area contributed by atoms with Gasteiger partial charge >= 0.3 is 0 Å². The second kappa shape index (κ2) is 13.6. The summed E-state index contributed by atoms with van der Waals surface area (Å²) in [5.74, 6) is 1.83. The Labute approximate surface area is 202 Å². The summed E-state index contributed by atoms with van der Waals surface area (Å²) < 4.78 is 7.72. The Bertz CT molecular complexity index is 811. The maximum atomic E-state index is 5.64. The Morgan fingerprint density at radius 1 is 1.26 bits per heavy atom. The van der Waals surface area contributed by atoms with Crippen LogP contribution in [-0.2, 0) is 30.8 Å². The summed E-state index contributed by atoms with van der Waals surface area (Å²) in [6.07, 6.45) is 2.98. The predicted molar refractivity (Wildman–Crippen MR) is 135 cm³/mol. The van der Waals surface area contributed by atoms with Crippen molar-refractivity contribution in [2.45, 2.75) is 52.9 Å². The first-order valence-electron chi connectivity index (χ1n) is 11.0. The molecule has 9 heteroatoms. The Balaban J connectivity index is 0.00000341. The van der Waals surface area contributed by atoms with E-state index in [4.69, 9.17) is 9.73 Å². The van der Waals surface area contributed by atoms with Crippen molar-refractivity contribution < 1.29 is 4.74 Å². The zero-order chi connectivity index (χ0) is 21.2. The molecule has 172 valence electrons. The third-order valence-electron chi connectivity index (χ3n) is 5.14. The fourth-order valence-corrected chi connectivity index (χ4v) is 3.67. The lowest BCUT2D eigenvalue weighted by Crippen LogP contribution is -2.40. The van der Waals surface area contributed by atoms with E-state index < -0.39 is 0 Å². The van der Waals surface area contributed by atoms with E-state index in [1.165, 1.54) is 11.1 Å². The zero-order valence-corrected chi connectivity index (χ0v) is 21.2. The van der Waals surface area contributed by atoms with Gasteiger partial charge in [0.2, 0.25) is 0 Å². The van der Waals surface area contributed by atoms with Crippen molar-refractivity contribution in [2.24, 2.45) is 4.99 Å². The summed E-state index contributed by atoms with van der Waals surface area (Å²) in [7, 11) is 0. The number of morpholine rings is 1. The summed E-state index contributed by atoms with van der Waals surface area (Å²) in [6.45, 7) is 13.1. The van der Waals surface area contributed by atoms with E-state index in [0.717, 1.165) is 64.1 Å². The van der Waals surface area contributed by atoms with Gasteiger partial charge in [-0.05, 0) is 25.0 Å². The molecule has 2 N–H and O–H groups in total. The number of ether oxygens (including phenoxy) is 1. The van der Waals surface area contributed by atoms with E-state index in [1.807, 2.05) is 0 Å². The number of aromatic nitrogens is 3. The first kappa shape index (κ1) is 25.5. The molecule has 0 saturated carbocycles. The molecule has 1 aromatic carbocycles. The van der Waals surface area contributed by atoms with Crippen molar-refractivity contribution in [2.75, 3.05) is 32.8 Å². The Kier molecular flexibility index (Phi) is 11.2. The van der Waals surface area contributed by atoms with Gasteiger partial charge in [0.25, 0.3) is 0 Å². The molecule has 8 nitrogen and oxygen atoms in total. The summed E-state index contributed by atoms with van der Waals surface area (Å²) in [5, 5.41) is 14.8. The molecule has 1 aliphatic heterocycles. The average molecular weight is 541 g/mol. The molecule has 1 fully saturated rings. The van der Waals surface area contributed by atoms with Crippen LogP contribution in [0.3, 0.4) is 0 Å². The van der Waals surface area contributed by atoms with Crippen LogP contribution < -0.4 is 10.6 Å². The minimum Gasteiger partial charge on any atom is -0.376 e. The van der Waals surface area contributed by atoms with Gasteiger partial charge in [0.05, 0.1) is 19.3 Å². The number of hydrogen-bond donors (Lipinski definition) is 2. The lowest BCUT2D eigenvalue weighted by atomic mass is 10.1. The maximum absolute atomic E-state index is 5.64. The number of aryl methyl sites for hydroxylation is 1. The van der Waals surface area contributed by atoms with Gasteiger partial charge in [-0.25, -0.2) is 4.99 Å². The molecule has 0 radical (unpaired) electrons. The average Bonchev–Trinajstić information content (AvgIpc) is 3.20. The maximum Gasteiger partial charge on any atom is 0.191 e. The van der Waals surface area contributed by atoms with Gasteiger partial charge in [0.15, 0.2) is 5.96 Å². The van der Waals surface area contributed by atoms with Gasteiger partial charge in [-0.3, -0.25) is 4.90 Å². The number of nitrogens with zero attached hydrogens (tertiary/aromatic N) is 5. The van der Waals surface area contributed by atoms with Gasteiger partial charge in [0.1, 0.15) is 12.2 Å². The molecular weight excluding hydrogens is 505 g/mol. The van der Waals surface area contributed by atoms with Gasteiger partial charge < -0.3 is 19.9 Å². The smallest absolute Gasteiger partial charge is 0.191 e. The van der Waals surface area contributed by atoms with Crippen molar-refractivity contribution in [1.29, 1.82) is 0 Å². The third-order valence-corrected chi connectivity index (χ3v) is 5.14. The number of guanidine groups is 1. The molecule has 2 aromatic rings. The minimum atomic E-state index is 0. The second-order valence-corrected chi connectivity index (χ2v) is 7.65. The number of aliphatic imine (C=N–C) groups is 1. The molecule has 0 spiro atoms. The van der Waals surface area contributed by atoms with Crippen LogP contribution in [0.1, 0.15) is 37.7 Å². The molecule has 1 saturated heterocycles. The van der Waals surface area contributed by atoms with Crippen LogP contribution in [0.5, 0.6) is 0 Å². The first-order chi connectivity index (χ1) is 14.7. The molecule has 3 rings (SSSR count). The van der Waals surface area contributed by atoms with Crippen LogP contribution in [0, 0.1) is 0 Å². The first-order valence-corrected chi connectivity index (χ1v) is 11.0. The highest BCUT2D eigenvalue weighted by molar-refractivity contribution is 14.0. The van der Waals surface area contributed by atoms with Crippen LogP contribution in [0.25, 0.3) is 0 Å². The van der Waals surface area contributed by atoms with E-state index in [2.05, 4.69) is 75.3 Å². The van der Waals surface area contributed by atoms with Crippen LogP contribution in [0.15, 0.2) is 35.6 Å². The molecule has 1 atom stereocenters. The lowest BCUT2D eigenvalue weighted by molar-refractivity contribution is -0.0212. The second-order valence-electron chi connectivity index (χ2n) is 7.65. The molecule has 0 aliphatic carbocycles.